The molecule has 3 unspecified atom stereocenters. The zero-order chi connectivity index (χ0) is 30.2. The monoisotopic (exact) mass is 578 g/mol. The maximum atomic E-state index is 12.3. The Hall–Kier alpha value is -1.43. The van der Waals surface area contributed by atoms with Gasteiger partial charge in [-0.1, -0.05) is 140 Å². The number of aliphatic hydroxyl groups excluding tert-OH is 3. The van der Waals surface area contributed by atoms with E-state index in [9.17, 15) is 20.1 Å². The fraction of sp³-hybridized carbons (Fsp3) is 0.806. The molecule has 0 aliphatic rings. The van der Waals surface area contributed by atoms with Gasteiger partial charge in [-0.3, -0.25) is 4.79 Å². The molecular weight excluding hydrogens is 510 g/mol. The maximum absolute atomic E-state index is 12.3. The van der Waals surface area contributed by atoms with Crippen LogP contribution in [0, 0.1) is 0 Å². The number of allylic oxidation sites excluding steroid dienone is 5. The minimum Gasteiger partial charge on any atom is -0.394 e. The summed E-state index contributed by atoms with van der Waals surface area (Å²) >= 11 is 0. The second kappa shape index (κ2) is 31.5. The van der Waals surface area contributed by atoms with Crippen molar-refractivity contribution in [3.8, 4) is 0 Å². The van der Waals surface area contributed by atoms with Gasteiger partial charge in [-0.15, -0.1) is 0 Å². The van der Waals surface area contributed by atoms with Crippen LogP contribution in [0.3, 0.4) is 0 Å². The summed E-state index contributed by atoms with van der Waals surface area (Å²) < 4.78 is 0. The van der Waals surface area contributed by atoms with Crippen molar-refractivity contribution in [3.05, 3.63) is 36.5 Å². The Morgan fingerprint density at radius 3 is 1.49 bits per heavy atom. The third kappa shape index (κ3) is 27.2. The van der Waals surface area contributed by atoms with E-state index >= 15 is 0 Å². The maximum Gasteiger partial charge on any atom is 0.249 e. The number of carbonyl (C=O) groups is 1. The van der Waals surface area contributed by atoms with Crippen molar-refractivity contribution >= 4 is 5.91 Å². The second-order valence-corrected chi connectivity index (χ2v) is 11.7. The first-order valence-corrected chi connectivity index (χ1v) is 17.3. The topological polar surface area (TPSA) is 89.8 Å². The molecule has 4 N–H and O–H groups in total. The van der Waals surface area contributed by atoms with E-state index in [0.717, 1.165) is 44.9 Å². The first-order valence-electron chi connectivity index (χ1n) is 17.3. The highest BCUT2D eigenvalue weighted by molar-refractivity contribution is 5.80. The number of unbranched alkanes of at least 4 members (excludes halogenated alkanes) is 18. The summed E-state index contributed by atoms with van der Waals surface area (Å²) in [6, 6.07) is -0.813. The van der Waals surface area contributed by atoms with Crippen molar-refractivity contribution in [2.24, 2.45) is 0 Å². The zero-order valence-electron chi connectivity index (χ0n) is 26.9. The Balaban J connectivity index is 3.82. The third-order valence-electron chi connectivity index (χ3n) is 7.70. The minimum absolute atomic E-state index is 0.379. The molecule has 0 saturated heterocycles. The van der Waals surface area contributed by atoms with Crippen LogP contribution in [0.4, 0.5) is 0 Å². The van der Waals surface area contributed by atoms with Crippen LogP contribution in [0.2, 0.25) is 0 Å². The summed E-state index contributed by atoms with van der Waals surface area (Å²) in [5, 5.41) is 32.8. The average Bonchev–Trinajstić information content (AvgIpc) is 2.98. The summed E-state index contributed by atoms with van der Waals surface area (Å²) in [4.78, 5) is 12.3. The van der Waals surface area contributed by atoms with Crippen LogP contribution in [0.25, 0.3) is 0 Å². The van der Waals surface area contributed by atoms with Gasteiger partial charge in [0.05, 0.1) is 18.8 Å². The fourth-order valence-corrected chi connectivity index (χ4v) is 4.90. The molecule has 0 radical (unpaired) electrons. The lowest BCUT2D eigenvalue weighted by Crippen LogP contribution is -2.48. The number of carbonyl (C=O) groups excluding carboxylic acids is 1. The number of rotatable bonds is 30. The Morgan fingerprint density at radius 1 is 0.585 bits per heavy atom. The highest BCUT2D eigenvalue weighted by Crippen LogP contribution is 2.12. The molecule has 0 aliphatic carbocycles. The van der Waals surface area contributed by atoms with Crippen LogP contribution >= 0.6 is 0 Å². The van der Waals surface area contributed by atoms with Crippen molar-refractivity contribution in [2.75, 3.05) is 6.61 Å². The van der Waals surface area contributed by atoms with Crippen LogP contribution in [0.1, 0.15) is 162 Å². The molecule has 3 atom stereocenters. The summed E-state index contributed by atoms with van der Waals surface area (Å²) in [6.45, 7) is 4.11. The van der Waals surface area contributed by atoms with E-state index in [1.165, 1.54) is 96.3 Å². The molecule has 0 fully saturated rings. The lowest BCUT2D eigenvalue weighted by Gasteiger charge is -2.21. The highest BCUT2D eigenvalue weighted by Gasteiger charge is 2.22. The molecule has 240 valence electrons. The smallest absolute Gasteiger partial charge is 0.249 e. The minimum atomic E-state index is -1.11. The van der Waals surface area contributed by atoms with E-state index < -0.39 is 24.2 Å². The number of hydrogen-bond donors (Lipinski definition) is 4. The van der Waals surface area contributed by atoms with E-state index in [4.69, 9.17) is 0 Å². The van der Waals surface area contributed by atoms with Crippen LogP contribution in [-0.4, -0.2) is 46.1 Å². The molecule has 0 spiro atoms. The van der Waals surface area contributed by atoms with Crippen molar-refractivity contribution in [1.82, 2.24) is 5.32 Å². The predicted molar refractivity (Wildman–Crippen MR) is 176 cm³/mol. The van der Waals surface area contributed by atoms with Crippen molar-refractivity contribution in [3.63, 3.8) is 0 Å². The highest BCUT2D eigenvalue weighted by atomic mass is 16.3. The molecule has 0 aromatic rings. The molecule has 1 amide bonds. The number of hydrogen-bond acceptors (Lipinski definition) is 4. The fourth-order valence-electron chi connectivity index (χ4n) is 4.90. The van der Waals surface area contributed by atoms with Crippen molar-refractivity contribution in [1.29, 1.82) is 0 Å². The summed E-state index contributed by atoms with van der Waals surface area (Å²) in [7, 11) is 0. The summed E-state index contributed by atoms with van der Waals surface area (Å²) in [5.74, 6) is -0.522. The third-order valence-corrected chi connectivity index (χ3v) is 7.70. The van der Waals surface area contributed by atoms with Gasteiger partial charge in [0.15, 0.2) is 0 Å². The van der Waals surface area contributed by atoms with Gasteiger partial charge in [-0.25, -0.2) is 0 Å². The van der Waals surface area contributed by atoms with E-state index in [1.54, 1.807) is 6.08 Å². The van der Waals surface area contributed by atoms with Gasteiger partial charge in [-0.05, 0) is 57.8 Å². The Kier molecular flexibility index (Phi) is 30.4. The first kappa shape index (κ1) is 39.6. The Bertz CT molecular complexity index is 645. The van der Waals surface area contributed by atoms with E-state index in [-0.39, 0.29) is 6.61 Å². The largest absolute Gasteiger partial charge is 0.394 e. The lowest BCUT2D eigenvalue weighted by molar-refractivity contribution is -0.131. The first-order chi connectivity index (χ1) is 20.1. The van der Waals surface area contributed by atoms with Gasteiger partial charge >= 0.3 is 0 Å². The second-order valence-electron chi connectivity index (χ2n) is 11.7. The molecule has 0 aromatic heterocycles. The van der Waals surface area contributed by atoms with Gasteiger partial charge in [0.2, 0.25) is 5.91 Å². The molecule has 0 saturated carbocycles. The predicted octanol–water partition coefficient (Wildman–Crippen LogP) is 8.87. The van der Waals surface area contributed by atoms with Gasteiger partial charge < -0.3 is 20.6 Å². The number of nitrogens with one attached hydrogen (secondary N) is 1. The zero-order valence-corrected chi connectivity index (χ0v) is 26.9. The van der Waals surface area contributed by atoms with Crippen molar-refractivity contribution < 1.29 is 20.1 Å². The molecule has 0 aromatic carbocycles. The lowest BCUT2D eigenvalue weighted by atomic mass is 10.0. The van der Waals surface area contributed by atoms with Gasteiger partial charge in [0.1, 0.15) is 6.10 Å². The molecule has 41 heavy (non-hydrogen) atoms. The van der Waals surface area contributed by atoms with Crippen LogP contribution in [-0.2, 0) is 4.79 Å². The molecule has 0 heterocycles. The molecule has 0 aliphatic heterocycles. The van der Waals surface area contributed by atoms with E-state index in [1.807, 2.05) is 6.08 Å². The SMILES string of the molecule is CCCCCCC/C=C/CC/C=C/C(O)C(CO)NC(=O)C(O)CCCCCCCC/C=C\CCCCCCCC. The molecule has 5 nitrogen and oxygen atoms in total. The Labute approximate surface area is 254 Å². The van der Waals surface area contributed by atoms with E-state index in [0.29, 0.717) is 6.42 Å². The summed E-state index contributed by atoms with van der Waals surface area (Å²) in [5.41, 5.74) is 0. The van der Waals surface area contributed by atoms with Crippen LogP contribution in [0.5, 0.6) is 0 Å². The van der Waals surface area contributed by atoms with Crippen molar-refractivity contribution in [2.45, 2.75) is 180 Å². The number of aliphatic hydroxyl groups is 3. The Morgan fingerprint density at radius 2 is 1.00 bits per heavy atom. The van der Waals surface area contributed by atoms with Crippen LogP contribution < -0.4 is 5.32 Å². The number of amides is 1. The standard InChI is InChI=1S/C36H67NO4/c1-3-5-7-9-11-13-15-16-17-18-19-21-23-25-27-29-31-35(40)36(41)37-33(32-38)34(39)30-28-26-24-22-20-14-12-10-8-6-4-2/h16-17,20,22,28,30,33-35,38-40H,3-15,18-19,21,23-27,29,31-32H2,1-2H3,(H,37,41)/b17-16-,22-20+,30-28+. The molecule has 0 bridgehead atoms. The van der Waals surface area contributed by atoms with Gasteiger partial charge in [-0.2, -0.15) is 0 Å². The normalized spacial score (nSPS) is 14.4. The molecule has 0 rings (SSSR count). The molecular formula is C36H67NO4. The van der Waals surface area contributed by atoms with E-state index in [2.05, 4.69) is 43.5 Å². The quantitative estimate of drug-likeness (QED) is 0.0507. The average molecular weight is 578 g/mol. The van der Waals surface area contributed by atoms with Gasteiger partial charge in [0, 0.05) is 0 Å². The molecule has 5 heteroatoms. The summed E-state index contributed by atoms with van der Waals surface area (Å²) in [6.07, 6.45) is 37.3. The van der Waals surface area contributed by atoms with Gasteiger partial charge in [0.25, 0.3) is 0 Å². The van der Waals surface area contributed by atoms with Crippen LogP contribution in [0.15, 0.2) is 36.5 Å².